The first kappa shape index (κ1) is 14.6. The molecule has 1 atom stereocenters. The van der Waals surface area contributed by atoms with Crippen LogP contribution < -0.4 is 4.90 Å². The number of rotatable bonds is 1. The van der Waals surface area contributed by atoms with Gasteiger partial charge in [0, 0.05) is 43.8 Å². The third-order valence-corrected chi connectivity index (χ3v) is 3.27. The highest BCUT2D eigenvalue weighted by Crippen LogP contribution is 2.20. The van der Waals surface area contributed by atoms with Crippen LogP contribution in [0, 0.1) is 0 Å². The van der Waals surface area contributed by atoms with Gasteiger partial charge in [-0.15, -0.1) is 0 Å². The number of ether oxygens (including phenoxy) is 1. The Morgan fingerprint density at radius 3 is 2.50 bits per heavy atom. The fraction of sp³-hybridized carbons (Fsp3) is 0.600. The van der Waals surface area contributed by atoms with Gasteiger partial charge < -0.3 is 14.5 Å². The number of carbonyl (C=O) groups excluding carboxylic acids is 1. The minimum Gasteiger partial charge on any atom is -0.444 e. The number of carbonyl (C=O) groups is 1. The van der Waals surface area contributed by atoms with Crippen LogP contribution in [0.25, 0.3) is 0 Å². The van der Waals surface area contributed by atoms with E-state index in [1.165, 1.54) is 0 Å². The number of nitrogens with zero attached hydrogens (tertiary/aromatic N) is 3. The van der Waals surface area contributed by atoms with Crippen LogP contribution in [-0.4, -0.2) is 47.3 Å². The molecule has 20 heavy (non-hydrogen) atoms. The Labute approximate surface area is 120 Å². The van der Waals surface area contributed by atoms with E-state index >= 15 is 0 Å². The lowest BCUT2D eigenvalue weighted by Crippen LogP contribution is -2.54. The van der Waals surface area contributed by atoms with Gasteiger partial charge in [-0.1, -0.05) is 0 Å². The van der Waals surface area contributed by atoms with Crippen molar-refractivity contribution in [2.75, 3.05) is 24.5 Å². The SMILES string of the molecule is C[C@H]1CN(C(=O)OC(C)(C)C)CCN1c1ccncc1. The summed E-state index contributed by atoms with van der Waals surface area (Å²) in [6.45, 7) is 9.96. The molecule has 0 N–H and O–H groups in total. The van der Waals surface area contributed by atoms with Crippen LogP contribution in [0.4, 0.5) is 10.5 Å². The molecule has 0 aromatic carbocycles. The summed E-state index contributed by atoms with van der Waals surface area (Å²) in [4.78, 5) is 20.2. The van der Waals surface area contributed by atoms with Crippen LogP contribution in [0.15, 0.2) is 24.5 Å². The number of piperazine rings is 1. The lowest BCUT2D eigenvalue weighted by molar-refractivity contribution is 0.0219. The molecular weight excluding hydrogens is 254 g/mol. The molecule has 5 heteroatoms. The molecule has 2 rings (SSSR count). The zero-order valence-corrected chi connectivity index (χ0v) is 12.7. The van der Waals surface area contributed by atoms with Crippen LogP contribution in [0.3, 0.4) is 0 Å². The minimum atomic E-state index is -0.442. The van der Waals surface area contributed by atoms with Crippen LogP contribution in [0.2, 0.25) is 0 Å². The first-order chi connectivity index (χ1) is 9.37. The molecule has 5 nitrogen and oxygen atoms in total. The van der Waals surface area contributed by atoms with Crippen molar-refractivity contribution in [1.29, 1.82) is 0 Å². The number of amides is 1. The van der Waals surface area contributed by atoms with Gasteiger partial charge in [-0.05, 0) is 39.8 Å². The van der Waals surface area contributed by atoms with E-state index in [4.69, 9.17) is 4.74 Å². The van der Waals surface area contributed by atoms with Crippen LogP contribution >= 0.6 is 0 Å². The molecule has 1 aliphatic heterocycles. The fourth-order valence-electron chi connectivity index (χ4n) is 2.37. The molecule has 1 fully saturated rings. The summed E-state index contributed by atoms with van der Waals surface area (Å²) in [6, 6.07) is 4.26. The van der Waals surface area contributed by atoms with Gasteiger partial charge in [0.25, 0.3) is 0 Å². The quantitative estimate of drug-likeness (QED) is 0.791. The second-order valence-corrected chi connectivity index (χ2v) is 6.17. The van der Waals surface area contributed by atoms with E-state index < -0.39 is 5.60 Å². The van der Waals surface area contributed by atoms with Crippen LogP contribution in [-0.2, 0) is 4.74 Å². The standard InChI is InChI=1S/C15H23N3O2/c1-12-11-17(14(19)20-15(2,3)4)9-10-18(12)13-5-7-16-8-6-13/h5-8,12H,9-11H2,1-4H3/t12-/m0/s1. The summed E-state index contributed by atoms with van der Waals surface area (Å²) in [6.07, 6.45) is 3.36. The first-order valence-electron chi connectivity index (χ1n) is 7.01. The van der Waals surface area contributed by atoms with Gasteiger partial charge in [-0.3, -0.25) is 4.98 Å². The monoisotopic (exact) mass is 277 g/mol. The summed E-state index contributed by atoms with van der Waals surface area (Å²) in [5.41, 5.74) is 0.707. The molecule has 1 amide bonds. The van der Waals surface area contributed by atoms with E-state index in [9.17, 15) is 4.79 Å². The summed E-state index contributed by atoms with van der Waals surface area (Å²) < 4.78 is 5.42. The highest BCUT2D eigenvalue weighted by Gasteiger charge is 2.29. The van der Waals surface area contributed by atoms with Crippen LogP contribution in [0.1, 0.15) is 27.7 Å². The van der Waals surface area contributed by atoms with Crippen molar-refractivity contribution in [2.45, 2.75) is 39.3 Å². The van der Waals surface area contributed by atoms with Crippen molar-refractivity contribution in [2.24, 2.45) is 0 Å². The number of anilines is 1. The number of aromatic nitrogens is 1. The second kappa shape index (κ2) is 5.69. The lowest BCUT2D eigenvalue weighted by Gasteiger charge is -2.41. The smallest absolute Gasteiger partial charge is 0.410 e. The van der Waals surface area contributed by atoms with Crippen molar-refractivity contribution in [1.82, 2.24) is 9.88 Å². The summed E-state index contributed by atoms with van der Waals surface area (Å²) in [7, 11) is 0. The number of hydrogen-bond acceptors (Lipinski definition) is 4. The average Bonchev–Trinajstić information content (AvgIpc) is 2.37. The van der Waals surface area contributed by atoms with Crippen molar-refractivity contribution < 1.29 is 9.53 Å². The topological polar surface area (TPSA) is 45.7 Å². The zero-order chi connectivity index (χ0) is 14.8. The molecule has 0 unspecified atom stereocenters. The van der Waals surface area contributed by atoms with Gasteiger partial charge in [-0.25, -0.2) is 4.79 Å². The first-order valence-corrected chi connectivity index (χ1v) is 7.01. The third-order valence-electron chi connectivity index (χ3n) is 3.27. The summed E-state index contributed by atoms with van der Waals surface area (Å²) in [5, 5.41) is 0. The van der Waals surface area contributed by atoms with E-state index in [0.717, 1.165) is 12.2 Å². The van der Waals surface area contributed by atoms with Crippen molar-refractivity contribution >= 4 is 11.8 Å². The van der Waals surface area contributed by atoms with E-state index in [-0.39, 0.29) is 12.1 Å². The van der Waals surface area contributed by atoms with E-state index in [1.807, 2.05) is 32.9 Å². The Kier molecular flexibility index (Phi) is 4.16. The fourth-order valence-corrected chi connectivity index (χ4v) is 2.37. The number of pyridine rings is 1. The van der Waals surface area contributed by atoms with Crippen molar-refractivity contribution in [3.8, 4) is 0 Å². The Morgan fingerprint density at radius 2 is 1.95 bits per heavy atom. The molecule has 0 spiro atoms. The lowest BCUT2D eigenvalue weighted by atomic mass is 10.1. The maximum atomic E-state index is 12.1. The highest BCUT2D eigenvalue weighted by atomic mass is 16.6. The third kappa shape index (κ3) is 3.62. The van der Waals surface area contributed by atoms with E-state index in [1.54, 1.807) is 17.3 Å². The molecule has 0 radical (unpaired) electrons. The Balaban J connectivity index is 1.97. The number of hydrogen-bond donors (Lipinski definition) is 0. The minimum absolute atomic E-state index is 0.223. The molecule has 1 aromatic rings. The molecular formula is C15H23N3O2. The second-order valence-electron chi connectivity index (χ2n) is 6.17. The van der Waals surface area contributed by atoms with Gasteiger partial charge in [-0.2, -0.15) is 0 Å². The van der Waals surface area contributed by atoms with E-state index in [2.05, 4.69) is 16.8 Å². The van der Waals surface area contributed by atoms with E-state index in [0.29, 0.717) is 13.1 Å². The molecule has 2 heterocycles. The van der Waals surface area contributed by atoms with Crippen LogP contribution in [0.5, 0.6) is 0 Å². The van der Waals surface area contributed by atoms with Gasteiger partial charge in [0.2, 0.25) is 0 Å². The predicted molar refractivity (Wildman–Crippen MR) is 78.9 cm³/mol. The molecule has 1 aliphatic rings. The van der Waals surface area contributed by atoms with Gasteiger partial charge in [0.15, 0.2) is 0 Å². The Morgan fingerprint density at radius 1 is 1.30 bits per heavy atom. The largest absolute Gasteiger partial charge is 0.444 e. The van der Waals surface area contributed by atoms with Gasteiger partial charge in [0.05, 0.1) is 0 Å². The predicted octanol–water partition coefficient (Wildman–Crippen LogP) is 2.53. The van der Waals surface area contributed by atoms with Gasteiger partial charge >= 0.3 is 6.09 Å². The summed E-state index contributed by atoms with van der Waals surface area (Å²) >= 11 is 0. The average molecular weight is 277 g/mol. The zero-order valence-electron chi connectivity index (χ0n) is 12.7. The molecule has 1 saturated heterocycles. The van der Waals surface area contributed by atoms with Crippen molar-refractivity contribution in [3.63, 3.8) is 0 Å². The molecule has 0 saturated carbocycles. The molecule has 0 aliphatic carbocycles. The maximum absolute atomic E-state index is 12.1. The Bertz CT molecular complexity index is 456. The summed E-state index contributed by atoms with van der Waals surface area (Å²) in [5.74, 6) is 0. The highest BCUT2D eigenvalue weighted by molar-refractivity contribution is 5.68. The molecule has 1 aromatic heterocycles. The maximum Gasteiger partial charge on any atom is 0.410 e. The molecule has 0 bridgehead atoms. The van der Waals surface area contributed by atoms with Crippen molar-refractivity contribution in [3.05, 3.63) is 24.5 Å². The van der Waals surface area contributed by atoms with Gasteiger partial charge in [0.1, 0.15) is 5.60 Å². The normalized spacial score (nSPS) is 19.9. The molecule has 110 valence electrons. The Hall–Kier alpha value is -1.78.